The zero-order valence-corrected chi connectivity index (χ0v) is 9.53. The van der Waals surface area contributed by atoms with Crippen LogP contribution < -0.4 is 4.90 Å². The molecule has 0 bridgehead atoms. The maximum atomic E-state index is 11.2. The third kappa shape index (κ3) is 1.76. The van der Waals surface area contributed by atoms with E-state index >= 15 is 0 Å². The van der Waals surface area contributed by atoms with Crippen molar-refractivity contribution < 1.29 is 4.79 Å². The first-order chi connectivity index (χ1) is 7.15. The monoisotopic (exact) mass is 203 g/mol. The van der Waals surface area contributed by atoms with Crippen LogP contribution in [0.15, 0.2) is 24.3 Å². The number of hydrogen-bond acceptors (Lipinski definition) is 1. The number of carbonyl (C=O) groups excluding carboxylic acids is 1. The second-order valence-electron chi connectivity index (χ2n) is 4.29. The van der Waals surface area contributed by atoms with E-state index in [2.05, 4.69) is 26.0 Å². The van der Waals surface area contributed by atoms with Crippen molar-refractivity contribution in [2.24, 2.45) is 0 Å². The van der Waals surface area contributed by atoms with Gasteiger partial charge in [-0.1, -0.05) is 26.0 Å². The van der Waals surface area contributed by atoms with E-state index in [1.54, 1.807) is 0 Å². The molecule has 2 atom stereocenters. The maximum Gasteiger partial charge on any atom is 0.250 e. The molecule has 1 fully saturated rings. The predicted molar refractivity (Wildman–Crippen MR) is 62.1 cm³/mol. The fraction of sp³-hybridized carbons (Fsp3) is 0.462. The van der Waals surface area contributed by atoms with E-state index < -0.39 is 0 Å². The Labute approximate surface area is 90.9 Å². The molecular weight excluding hydrogens is 186 g/mol. The van der Waals surface area contributed by atoms with E-state index in [0.717, 1.165) is 12.1 Å². The van der Waals surface area contributed by atoms with E-state index in [1.165, 1.54) is 5.56 Å². The first kappa shape index (κ1) is 10.2. The molecule has 2 nitrogen and oxygen atoms in total. The van der Waals surface area contributed by atoms with Crippen molar-refractivity contribution in [3.63, 3.8) is 0 Å². The number of carbonyl (C=O) groups is 1. The van der Waals surface area contributed by atoms with E-state index in [0.29, 0.717) is 5.92 Å². The van der Waals surface area contributed by atoms with Gasteiger partial charge >= 0.3 is 0 Å². The molecule has 2 unspecified atom stereocenters. The minimum absolute atomic E-state index is 0.0828. The summed E-state index contributed by atoms with van der Waals surface area (Å²) in [6.07, 6.45) is 1.15. The Hall–Kier alpha value is -1.31. The molecule has 80 valence electrons. The number of rotatable bonds is 3. The van der Waals surface area contributed by atoms with Crippen LogP contribution in [0.5, 0.6) is 0 Å². The number of anilines is 1. The second-order valence-corrected chi connectivity index (χ2v) is 4.29. The van der Waals surface area contributed by atoms with Crippen molar-refractivity contribution in [3.05, 3.63) is 29.8 Å². The van der Waals surface area contributed by atoms with Gasteiger partial charge in [0.2, 0.25) is 0 Å². The lowest BCUT2D eigenvalue weighted by atomic mass is 9.99. The Bertz CT molecular complexity index is 369. The van der Waals surface area contributed by atoms with Crippen LogP contribution in [0.3, 0.4) is 0 Å². The molecule has 1 amide bonds. The fourth-order valence-corrected chi connectivity index (χ4v) is 1.82. The van der Waals surface area contributed by atoms with Gasteiger partial charge in [0.15, 0.2) is 0 Å². The highest BCUT2D eigenvalue weighted by molar-refractivity contribution is 6.15. The molecule has 0 radical (unpaired) electrons. The van der Waals surface area contributed by atoms with Gasteiger partial charge in [-0.2, -0.15) is 0 Å². The highest BCUT2D eigenvalue weighted by atomic mass is 16.2. The lowest BCUT2D eigenvalue weighted by Crippen LogP contribution is -1.97. The molecule has 0 aliphatic carbocycles. The number of benzene rings is 1. The summed E-state index contributed by atoms with van der Waals surface area (Å²) in [6.45, 7) is 6.35. The summed E-state index contributed by atoms with van der Waals surface area (Å²) in [7, 11) is 0. The second kappa shape index (κ2) is 3.69. The number of nitrogens with zero attached hydrogens (tertiary/aromatic N) is 1. The molecule has 1 aliphatic heterocycles. The fourth-order valence-electron chi connectivity index (χ4n) is 1.82. The van der Waals surface area contributed by atoms with Crippen molar-refractivity contribution in [1.29, 1.82) is 0 Å². The quantitative estimate of drug-likeness (QED) is 0.691. The van der Waals surface area contributed by atoms with Crippen molar-refractivity contribution in [3.8, 4) is 0 Å². The Morgan fingerprint density at radius 3 is 2.27 bits per heavy atom. The molecule has 1 aromatic carbocycles. The SMILES string of the molecule is CCC(C)c1ccc(N2C(=O)C2C)cc1. The number of amides is 1. The molecule has 1 aromatic rings. The van der Waals surface area contributed by atoms with E-state index in [1.807, 2.05) is 24.0 Å². The first-order valence-corrected chi connectivity index (χ1v) is 5.58. The number of hydrogen-bond donors (Lipinski definition) is 0. The van der Waals surface area contributed by atoms with Crippen LogP contribution >= 0.6 is 0 Å². The van der Waals surface area contributed by atoms with Gasteiger partial charge in [0.05, 0.1) is 0 Å². The molecular formula is C13H17NO. The zero-order chi connectivity index (χ0) is 11.0. The Morgan fingerprint density at radius 2 is 1.87 bits per heavy atom. The van der Waals surface area contributed by atoms with Gasteiger partial charge in [-0.25, -0.2) is 0 Å². The lowest BCUT2D eigenvalue weighted by Gasteiger charge is -2.09. The summed E-state index contributed by atoms with van der Waals surface area (Å²) in [4.78, 5) is 13.0. The average Bonchev–Trinajstić information content (AvgIpc) is 2.86. The Balaban J connectivity index is 2.15. The van der Waals surface area contributed by atoms with Crippen LogP contribution in [0.25, 0.3) is 0 Å². The highest BCUT2D eigenvalue weighted by Crippen LogP contribution is 2.30. The average molecular weight is 203 g/mol. The first-order valence-electron chi connectivity index (χ1n) is 5.58. The molecule has 1 aliphatic rings. The standard InChI is InChI=1S/C13H17NO/c1-4-9(2)11-5-7-12(8-6-11)14-10(3)13(14)15/h5-10H,4H2,1-3H3. The van der Waals surface area contributed by atoms with Crippen LogP contribution in [0.2, 0.25) is 0 Å². The van der Waals surface area contributed by atoms with Gasteiger partial charge in [-0.05, 0) is 37.0 Å². The smallest absolute Gasteiger partial charge is 0.250 e. The third-order valence-corrected chi connectivity index (χ3v) is 3.27. The van der Waals surface area contributed by atoms with Gasteiger partial charge < -0.3 is 0 Å². The molecule has 0 saturated carbocycles. The van der Waals surface area contributed by atoms with Crippen molar-refractivity contribution in [1.82, 2.24) is 0 Å². The van der Waals surface area contributed by atoms with E-state index in [-0.39, 0.29) is 11.9 Å². The largest absolute Gasteiger partial charge is 0.298 e. The van der Waals surface area contributed by atoms with Crippen LogP contribution in [-0.2, 0) is 4.79 Å². The summed E-state index contributed by atoms with van der Waals surface area (Å²) in [5.74, 6) is 0.827. The summed E-state index contributed by atoms with van der Waals surface area (Å²) in [5, 5.41) is 0. The Kier molecular flexibility index (Phi) is 2.51. The molecule has 0 aromatic heterocycles. The predicted octanol–water partition coefficient (Wildman–Crippen LogP) is 2.94. The molecule has 2 heteroatoms. The van der Waals surface area contributed by atoms with E-state index in [9.17, 15) is 4.79 Å². The zero-order valence-electron chi connectivity index (χ0n) is 9.53. The summed E-state index contributed by atoms with van der Waals surface area (Å²) in [5.41, 5.74) is 2.38. The minimum atomic E-state index is 0.0828. The van der Waals surface area contributed by atoms with Crippen molar-refractivity contribution in [2.75, 3.05) is 4.90 Å². The van der Waals surface area contributed by atoms with Gasteiger partial charge in [0.25, 0.3) is 5.91 Å². The minimum Gasteiger partial charge on any atom is -0.298 e. The van der Waals surface area contributed by atoms with E-state index in [4.69, 9.17) is 0 Å². The van der Waals surface area contributed by atoms with Gasteiger partial charge in [-0.3, -0.25) is 9.69 Å². The molecule has 2 rings (SSSR count). The molecule has 1 saturated heterocycles. The molecule has 15 heavy (non-hydrogen) atoms. The van der Waals surface area contributed by atoms with Crippen LogP contribution in [0.1, 0.15) is 38.7 Å². The van der Waals surface area contributed by atoms with Gasteiger partial charge in [-0.15, -0.1) is 0 Å². The molecule has 0 N–H and O–H groups in total. The van der Waals surface area contributed by atoms with Crippen LogP contribution in [0, 0.1) is 0 Å². The normalized spacial score (nSPS) is 21.7. The summed E-state index contributed by atoms with van der Waals surface area (Å²) in [6, 6.07) is 8.43. The molecule has 1 heterocycles. The van der Waals surface area contributed by atoms with Crippen molar-refractivity contribution in [2.45, 2.75) is 39.2 Å². The maximum absolute atomic E-state index is 11.2. The topological polar surface area (TPSA) is 20.1 Å². The van der Waals surface area contributed by atoms with Crippen molar-refractivity contribution >= 4 is 11.6 Å². The third-order valence-electron chi connectivity index (χ3n) is 3.27. The van der Waals surface area contributed by atoms with Crippen LogP contribution in [0.4, 0.5) is 5.69 Å². The summed E-state index contributed by atoms with van der Waals surface area (Å²) >= 11 is 0. The highest BCUT2D eigenvalue weighted by Gasteiger charge is 2.42. The van der Waals surface area contributed by atoms with Crippen LogP contribution in [-0.4, -0.2) is 11.9 Å². The lowest BCUT2D eigenvalue weighted by molar-refractivity contribution is -0.110. The van der Waals surface area contributed by atoms with Gasteiger partial charge in [0.1, 0.15) is 6.04 Å². The Morgan fingerprint density at radius 1 is 1.33 bits per heavy atom. The van der Waals surface area contributed by atoms with Gasteiger partial charge in [0, 0.05) is 5.69 Å². The summed E-state index contributed by atoms with van der Waals surface area (Å²) < 4.78 is 0. The molecule has 0 spiro atoms.